The normalized spacial score (nSPS) is 19.2. The first kappa shape index (κ1) is 26.7. The fourth-order valence-corrected chi connectivity index (χ4v) is 7.74. The van der Waals surface area contributed by atoms with E-state index in [-0.39, 0.29) is 24.4 Å². The zero-order valence-corrected chi connectivity index (χ0v) is 23.4. The number of hydrogen-bond donors (Lipinski definition) is 0. The fraction of sp³-hybridized carbons (Fsp3) is 0.303. The monoisotopic (exact) mass is 553 g/mol. The highest BCUT2D eigenvalue weighted by Gasteiger charge is 2.36. The second kappa shape index (κ2) is 11.5. The van der Waals surface area contributed by atoms with Crippen molar-refractivity contribution in [2.45, 2.75) is 23.8 Å². The SMILES string of the molecule is O=C([C@@H]1CCCN(S(=O)(=O)c2ccc3ccccc3c2)C1)N1CCN(C(c2ccccc2)c2ccccc2)CC1. The summed E-state index contributed by atoms with van der Waals surface area (Å²) >= 11 is 0. The first-order valence-corrected chi connectivity index (χ1v) is 15.6. The number of amides is 1. The fourth-order valence-electron chi connectivity index (χ4n) is 6.18. The van der Waals surface area contributed by atoms with Gasteiger partial charge < -0.3 is 4.90 Å². The van der Waals surface area contributed by atoms with Crippen molar-refractivity contribution in [1.82, 2.24) is 14.1 Å². The molecule has 40 heavy (non-hydrogen) atoms. The zero-order chi connectivity index (χ0) is 27.5. The van der Waals surface area contributed by atoms with E-state index in [4.69, 9.17) is 0 Å². The molecule has 1 atom stereocenters. The summed E-state index contributed by atoms with van der Waals surface area (Å²) in [5.74, 6) is -0.233. The molecule has 6 nitrogen and oxygen atoms in total. The van der Waals surface area contributed by atoms with E-state index in [9.17, 15) is 13.2 Å². The lowest BCUT2D eigenvalue weighted by Crippen LogP contribution is -2.53. The van der Waals surface area contributed by atoms with Gasteiger partial charge in [0.2, 0.25) is 15.9 Å². The molecule has 6 rings (SSSR count). The quantitative estimate of drug-likeness (QED) is 0.330. The summed E-state index contributed by atoms with van der Waals surface area (Å²) in [5, 5.41) is 1.91. The number of sulfonamides is 1. The first-order valence-electron chi connectivity index (χ1n) is 14.1. The third-order valence-corrected chi connectivity index (χ3v) is 10.2. The molecule has 0 unspecified atom stereocenters. The van der Waals surface area contributed by atoms with Crippen LogP contribution in [0.4, 0.5) is 0 Å². The lowest BCUT2D eigenvalue weighted by atomic mass is 9.95. The van der Waals surface area contributed by atoms with E-state index in [2.05, 4.69) is 53.4 Å². The van der Waals surface area contributed by atoms with E-state index >= 15 is 0 Å². The number of piperazine rings is 1. The van der Waals surface area contributed by atoms with Crippen LogP contribution in [0.2, 0.25) is 0 Å². The maximum atomic E-state index is 13.6. The molecule has 0 bridgehead atoms. The Labute approximate surface area is 236 Å². The maximum absolute atomic E-state index is 13.6. The number of hydrogen-bond acceptors (Lipinski definition) is 4. The second-order valence-electron chi connectivity index (χ2n) is 10.8. The molecular weight excluding hydrogens is 518 g/mol. The molecule has 0 aliphatic carbocycles. The van der Waals surface area contributed by atoms with Crippen molar-refractivity contribution >= 4 is 26.7 Å². The molecule has 0 saturated carbocycles. The van der Waals surface area contributed by atoms with Crippen LogP contribution in [-0.2, 0) is 14.8 Å². The van der Waals surface area contributed by atoms with Crippen molar-refractivity contribution in [3.63, 3.8) is 0 Å². The van der Waals surface area contributed by atoms with Gasteiger partial charge in [-0.2, -0.15) is 4.31 Å². The van der Waals surface area contributed by atoms with Gasteiger partial charge >= 0.3 is 0 Å². The van der Waals surface area contributed by atoms with Gasteiger partial charge in [-0.15, -0.1) is 0 Å². The van der Waals surface area contributed by atoms with Crippen molar-refractivity contribution in [3.05, 3.63) is 114 Å². The second-order valence-corrected chi connectivity index (χ2v) is 12.7. The smallest absolute Gasteiger partial charge is 0.243 e. The highest BCUT2D eigenvalue weighted by molar-refractivity contribution is 7.89. The van der Waals surface area contributed by atoms with Crippen LogP contribution in [0.3, 0.4) is 0 Å². The Morgan fingerprint density at radius 1 is 0.700 bits per heavy atom. The molecule has 0 aromatic heterocycles. The van der Waals surface area contributed by atoms with Crippen molar-refractivity contribution in [1.29, 1.82) is 0 Å². The van der Waals surface area contributed by atoms with Gasteiger partial charge in [-0.25, -0.2) is 8.42 Å². The van der Waals surface area contributed by atoms with Gasteiger partial charge in [0.25, 0.3) is 0 Å². The minimum absolute atomic E-state index is 0.0778. The van der Waals surface area contributed by atoms with Crippen LogP contribution in [-0.4, -0.2) is 67.7 Å². The summed E-state index contributed by atoms with van der Waals surface area (Å²) in [6, 6.07) is 34.2. The summed E-state index contributed by atoms with van der Waals surface area (Å²) < 4.78 is 28.6. The Kier molecular flexibility index (Phi) is 7.69. The molecule has 2 saturated heterocycles. The maximum Gasteiger partial charge on any atom is 0.243 e. The van der Waals surface area contributed by atoms with Gasteiger partial charge in [0, 0.05) is 39.3 Å². The topological polar surface area (TPSA) is 60.9 Å². The third-order valence-electron chi connectivity index (χ3n) is 8.31. The molecular formula is C33H35N3O3S. The molecule has 206 valence electrons. The third kappa shape index (κ3) is 5.42. The first-order chi connectivity index (χ1) is 19.5. The average molecular weight is 554 g/mol. The molecule has 4 aromatic carbocycles. The van der Waals surface area contributed by atoms with Crippen LogP contribution in [0, 0.1) is 5.92 Å². The molecule has 0 radical (unpaired) electrons. The minimum Gasteiger partial charge on any atom is -0.340 e. The molecule has 4 aromatic rings. The van der Waals surface area contributed by atoms with E-state index in [1.807, 2.05) is 47.4 Å². The number of rotatable bonds is 6. The number of nitrogens with zero attached hydrogens (tertiary/aromatic N) is 3. The van der Waals surface area contributed by atoms with Crippen LogP contribution < -0.4 is 0 Å². The van der Waals surface area contributed by atoms with Crippen LogP contribution in [0.25, 0.3) is 10.8 Å². The largest absolute Gasteiger partial charge is 0.340 e. The van der Waals surface area contributed by atoms with Crippen LogP contribution >= 0.6 is 0 Å². The molecule has 0 N–H and O–H groups in total. The van der Waals surface area contributed by atoms with Crippen molar-refractivity contribution in [2.75, 3.05) is 39.3 Å². The lowest BCUT2D eigenvalue weighted by molar-refractivity contribution is -0.138. The predicted octanol–water partition coefficient (Wildman–Crippen LogP) is 5.17. The number of piperidine rings is 1. The Hall–Kier alpha value is -3.52. The van der Waals surface area contributed by atoms with Crippen LogP contribution in [0.1, 0.15) is 30.0 Å². The van der Waals surface area contributed by atoms with Crippen LogP contribution in [0.15, 0.2) is 108 Å². The Morgan fingerprint density at radius 3 is 1.95 bits per heavy atom. The molecule has 0 spiro atoms. The van der Waals surface area contributed by atoms with Crippen LogP contribution in [0.5, 0.6) is 0 Å². The Morgan fingerprint density at radius 2 is 1.30 bits per heavy atom. The number of fused-ring (bicyclic) bond motifs is 1. The van der Waals surface area contributed by atoms with Crippen molar-refractivity contribution in [2.24, 2.45) is 5.92 Å². The number of carbonyl (C=O) groups is 1. The molecule has 2 heterocycles. The lowest BCUT2D eigenvalue weighted by Gasteiger charge is -2.41. The van der Waals surface area contributed by atoms with Gasteiger partial charge in [-0.3, -0.25) is 9.69 Å². The molecule has 7 heteroatoms. The summed E-state index contributed by atoms with van der Waals surface area (Å²) in [5.41, 5.74) is 2.49. The van der Waals surface area contributed by atoms with E-state index in [0.717, 1.165) is 30.3 Å². The molecule has 2 fully saturated rings. The highest BCUT2D eigenvalue weighted by atomic mass is 32.2. The summed E-state index contributed by atoms with van der Waals surface area (Å²) in [6.07, 6.45) is 1.41. The predicted molar refractivity (Wildman–Crippen MR) is 158 cm³/mol. The van der Waals surface area contributed by atoms with Gasteiger partial charge in [0.15, 0.2) is 0 Å². The van der Waals surface area contributed by atoms with Gasteiger partial charge in [0.1, 0.15) is 0 Å². The van der Waals surface area contributed by atoms with Gasteiger partial charge in [-0.05, 0) is 46.9 Å². The summed E-state index contributed by atoms with van der Waals surface area (Å²) in [6.45, 7) is 3.51. The number of carbonyl (C=O) groups excluding carboxylic acids is 1. The zero-order valence-electron chi connectivity index (χ0n) is 22.6. The number of benzene rings is 4. The van der Waals surface area contributed by atoms with Gasteiger partial charge in [-0.1, -0.05) is 91.0 Å². The van der Waals surface area contributed by atoms with Gasteiger partial charge in [0.05, 0.1) is 16.9 Å². The minimum atomic E-state index is -3.68. The summed E-state index contributed by atoms with van der Waals surface area (Å²) in [7, 11) is -3.68. The molecule has 1 amide bonds. The van der Waals surface area contributed by atoms with E-state index in [1.54, 1.807) is 12.1 Å². The Balaban J connectivity index is 1.13. The summed E-state index contributed by atoms with van der Waals surface area (Å²) in [4.78, 5) is 18.3. The van der Waals surface area contributed by atoms with E-state index in [1.165, 1.54) is 15.4 Å². The van der Waals surface area contributed by atoms with Crippen molar-refractivity contribution < 1.29 is 13.2 Å². The van der Waals surface area contributed by atoms with E-state index in [0.29, 0.717) is 31.0 Å². The van der Waals surface area contributed by atoms with Crippen molar-refractivity contribution in [3.8, 4) is 0 Å². The molecule has 2 aliphatic heterocycles. The molecule has 2 aliphatic rings. The Bertz CT molecular complexity index is 1530. The van der Waals surface area contributed by atoms with E-state index < -0.39 is 10.0 Å². The average Bonchev–Trinajstić information content (AvgIpc) is 3.02. The standard InChI is InChI=1S/C33H35N3O3S/c37-33(30-16-9-19-36(25-30)40(38,39)31-18-17-26-10-7-8-15-29(26)24-31)35-22-20-34(21-23-35)32(27-11-3-1-4-12-27)28-13-5-2-6-14-28/h1-8,10-15,17-18,24,30,32H,9,16,19-23,25H2/t30-/m1/s1. The highest BCUT2D eigenvalue weighted by Crippen LogP contribution is 2.31.